The SMILES string of the molecule is Cc1ccc2c(=O)[nH]c(C3CC3)nc2c1. The van der Waals surface area contributed by atoms with Crippen LogP contribution in [0.1, 0.15) is 30.1 Å². The highest BCUT2D eigenvalue weighted by Gasteiger charge is 2.26. The molecule has 76 valence electrons. The molecule has 0 atom stereocenters. The lowest BCUT2D eigenvalue weighted by Gasteiger charge is -2.01. The number of aromatic amines is 1. The van der Waals surface area contributed by atoms with Crippen LogP contribution in [0.3, 0.4) is 0 Å². The lowest BCUT2D eigenvalue weighted by Crippen LogP contribution is -2.11. The molecule has 3 nitrogen and oxygen atoms in total. The summed E-state index contributed by atoms with van der Waals surface area (Å²) in [6.45, 7) is 2.01. The summed E-state index contributed by atoms with van der Waals surface area (Å²) in [6, 6.07) is 5.75. The Labute approximate surface area is 87.2 Å². The molecule has 1 heterocycles. The van der Waals surface area contributed by atoms with Crippen molar-refractivity contribution >= 4 is 10.9 Å². The largest absolute Gasteiger partial charge is 0.310 e. The second kappa shape index (κ2) is 2.92. The van der Waals surface area contributed by atoms with E-state index in [9.17, 15) is 4.79 Å². The molecule has 0 saturated heterocycles. The minimum atomic E-state index is -0.0121. The van der Waals surface area contributed by atoms with Crippen molar-refractivity contribution in [3.8, 4) is 0 Å². The summed E-state index contributed by atoms with van der Waals surface area (Å²) in [6.07, 6.45) is 2.31. The molecular formula is C12H12N2O. The first-order valence-corrected chi connectivity index (χ1v) is 5.24. The molecule has 0 radical (unpaired) electrons. The maximum atomic E-state index is 11.7. The molecule has 3 heteroatoms. The summed E-state index contributed by atoms with van der Waals surface area (Å²) in [7, 11) is 0. The molecular weight excluding hydrogens is 188 g/mol. The van der Waals surface area contributed by atoms with Crippen LogP contribution in [0.25, 0.3) is 10.9 Å². The smallest absolute Gasteiger partial charge is 0.258 e. The number of hydrogen-bond acceptors (Lipinski definition) is 2. The Morgan fingerprint density at radius 2 is 2.20 bits per heavy atom. The van der Waals surface area contributed by atoms with Crippen LogP contribution >= 0.6 is 0 Å². The van der Waals surface area contributed by atoms with E-state index in [-0.39, 0.29) is 5.56 Å². The zero-order valence-corrected chi connectivity index (χ0v) is 8.58. The summed E-state index contributed by atoms with van der Waals surface area (Å²) in [5.74, 6) is 1.35. The van der Waals surface area contributed by atoms with Gasteiger partial charge in [-0.25, -0.2) is 4.98 Å². The van der Waals surface area contributed by atoms with Gasteiger partial charge in [-0.15, -0.1) is 0 Å². The van der Waals surface area contributed by atoms with E-state index in [2.05, 4.69) is 9.97 Å². The fourth-order valence-electron chi connectivity index (χ4n) is 1.82. The first-order valence-electron chi connectivity index (χ1n) is 5.24. The van der Waals surface area contributed by atoms with Gasteiger partial charge in [-0.1, -0.05) is 6.07 Å². The Morgan fingerprint density at radius 1 is 1.40 bits per heavy atom. The Kier molecular flexibility index (Phi) is 1.69. The minimum Gasteiger partial charge on any atom is -0.310 e. The van der Waals surface area contributed by atoms with Gasteiger partial charge in [0, 0.05) is 5.92 Å². The van der Waals surface area contributed by atoms with Crippen LogP contribution in [-0.2, 0) is 0 Å². The van der Waals surface area contributed by atoms with Gasteiger partial charge >= 0.3 is 0 Å². The van der Waals surface area contributed by atoms with Crippen molar-refractivity contribution in [2.75, 3.05) is 0 Å². The third-order valence-corrected chi connectivity index (χ3v) is 2.84. The number of rotatable bonds is 1. The predicted octanol–water partition coefficient (Wildman–Crippen LogP) is 2.11. The molecule has 0 bridgehead atoms. The average Bonchev–Trinajstić information content (AvgIpc) is 2.99. The number of nitrogens with one attached hydrogen (secondary N) is 1. The van der Waals surface area contributed by atoms with Crippen molar-refractivity contribution in [1.82, 2.24) is 9.97 Å². The first-order chi connectivity index (χ1) is 7.24. The van der Waals surface area contributed by atoms with Gasteiger partial charge in [0.2, 0.25) is 0 Å². The molecule has 0 amide bonds. The van der Waals surface area contributed by atoms with Crippen molar-refractivity contribution in [3.63, 3.8) is 0 Å². The van der Waals surface area contributed by atoms with Crippen molar-refractivity contribution in [3.05, 3.63) is 39.9 Å². The number of nitrogens with zero attached hydrogens (tertiary/aromatic N) is 1. The molecule has 3 rings (SSSR count). The van der Waals surface area contributed by atoms with Gasteiger partial charge in [-0.05, 0) is 37.5 Å². The summed E-state index contributed by atoms with van der Waals surface area (Å²) >= 11 is 0. The Bertz CT molecular complexity index is 582. The van der Waals surface area contributed by atoms with E-state index >= 15 is 0 Å². The van der Waals surface area contributed by atoms with E-state index in [0.29, 0.717) is 11.3 Å². The van der Waals surface area contributed by atoms with Gasteiger partial charge in [0.05, 0.1) is 10.9 Å². The van der Waals surface area contributed by atoms with Gasteiger partial charge < -0.3 is 4.98 Å². The summed E-state index contributed by atoms with van der Waals surface area (Å²) in [4.78, 5) is 19.1. The van der Waals surface area contributed by atoms with Gasteiger partial charge in [0.1, 0.15) is 5.82 Å². The van der Waals surface area contributed by atoms with Crippen LogP contribution in [0.2, 0.25) is 0 Å². The molecule has 1 saturated carbocycles. The lowest BCUT2D eigenvalue weighted by atomic mass is 10.2. The van der Waals surface area contributed by atoms with E-state index in [1.165, 1.54) is 0 Å². The van der Waals surface area contributed by atoms with Gasteiger partial charge in [0.25, 0.3) is 5.56 Å². The van der Waals surface area contributed by atoms with Crippen molar-refractivity contribution in [2.45, 2.75) is 25.7 Å². The fraction of sp³-hybridized carbons (Fsp3) is 0.333. The Balaban J connectivity index is 2.32. The molecule has 2 aromatic rings. The molecule has 1 aromatic carbocycles. The second-order valence-corrected chi connectivity index (χ2v) is 4.25. The number of H-pyrrole nitrogens is 1. The molecule has 0 spiro atoms. The normalized spacial score (nSPS) is 15.8. The highest BCUT2D eigenvalue weighted by molar-refractivity contribution is 5.78. The summed E-state index contributed by atoms with van der Waals surface area (Å²) in [5, 5.41) is 0.685. The van der Waals surface area contributed by atoms with Crippen LogP contribution in [0.5, 0.6) is 0 Å². The van der Waals surface area contributed by atoms with E-state index in [1.807, 2.05) is 25.1 Å². The molecule has 1 aromatic heterocycles. The zero-order chi connectivity index (χ0) is 10.4. The number of benzene rings is 1. The van der Waals surface area contributed by atoms with E-state index in [0.717, 1.165) is 29.7 Å². The van der Waals surface area contributed by atoms with Crippen molar-refractivity contribution < 1.29 is 0 Å². The zero-order valence-electron chi connectivity index (χ0n) is 8.58. The van der Waals surface area contributed by atoms with Crippen LogP contribution < -0.4 is 5.56 Å². The van der Waals surface area contributed by atoms with Gasteiger partial charge in [-0.2, -0.15) is 0 Å². The monoisotopic (exact) mass is 200 g/mol. The molecule has 1 fully saturated rings. The van der Waals surface area contributed by atoms with E-state index < -0.39 is 0 Å². The van der Waals surface area contributed by atoms with Crippen LogP contribution in [0.4, 0.5) is 0 Å². The third kappa shape index (κ3) is 1.44. The highest BCUT2D eigenvalue weighted by atomic mass is 16.1. The number of fused-ring (bicyclic) bond motifs is 1. The summed E-state index contributed by atoms with van der Waals surface area (Å²) in [5.41, 5.74) is 1.95. The molecule has 15 heavy (non-hydrogen) atoms. The minimum absolute atomic E-state index is 0.0121. The molecule has 1 aliphatic carbocycles. The fourth-order valence-corrected chi connectivity index (χ4v) is 1.82. The maximum absolute atomic E-state index is 11.7. The van der Waals surface area contributed by atoms with Crippen LogP contribution in [0.15, 0.2) is 23.0 Å². The van der Waals surface area contributed by atoms with Crippen LogP contribution in [0, 0.1) is 6.92 Å². The average molecular weight is 200 g/mol. The Hall–Kier alpha value is -1.64. The standard InChI is InChI=1S/C12H12N2O/c1-7-2-5-9-10(6-7)13-11(8-3-4-8)14-12(9)15/h2,5-6,8H,3-4H2,1H3,(H,13,14,15). The molecule has 1 N–H and O–H groups in total. The third-order valence-electron chi connectivity index (χ3n) is 2.84. The van der Waals surface area contributed by atoms with E-state index in [1.54, 1.807) is 0 Å². The van der Waals surface area contributed by atoms with Gasteiger partial charge in [-0.3, -0.25) is 4.79 Å². The maximum Gasteiger partial charge on any atom is 0.258 e. The first kappa shape index (κ1) is 8.65. The van der Waals surface area contributed by atoms with Crippen molar-refractivity contribution in [1.29, 1.82) is 0 Å². The Morgan fingerprint density at radius 3 is 2.93 bits per heavy atom. The topological polar surface area (TPSA) is 45.8 Å². The number of hydrogen-bond donors (Lipinski definition) is 1. The molecule has 1 aliphatic rings. The molecule has 0 aliphatic heterocycles. The van der Waals surface area contributed by atoms with Crippen LogP contribution in [-0.4, -0.2) is 9.97 Å². The van der Waals surface area contributed by atoms with Gasteiger partial charge in [0.15, 0.2) is 0 Å². The number of aromatic nitrogens is 2. The predicted molar refractivity (Wildman–Crippen MR) is 59.1 cm³/mol. The highest BCUT2D eigenvalue weighted by Crippen LogP contribution is 2.37. The summed E-state index contributed by atoms with van der Waals surface area (Å²) < 4.78 is 0. The second-order valence-electron chi connectivity index (χ2n) is 4.25. The quantitative estimate of drug-likeness (QED) is 0.766. The van der Waals surface area contributed by atoms with Crippen molar-refractivity contribution in [2.24, 2.45) is 0 Å². The lowest BCUT2D eigenvalue weighted by molar-refractivity contribution is 0.931. The molecule has 0 unspecified atom stereocenters. The number of aryl methyl sites for hydroxylation is 1. The van der Waals surface area contributed by atoms with E-state index in [4.69, 9.17) is 0 Å².